The zero-order chi connectivity index (χ0) is 24.8. The number of carbonyl (C=O) groups excluding carboxylic acids is 2. The first-order chi connectivity index (χ1) is 15.4. The number of aromatic hydroxyl groups is 1. The maximum Gasteiger partial charge on any atom is 0.408 e. The Hall–Kier alpha value is -3.55. The van der Waals surface area contributed by atoms with Crippen molar-refractivity contribution in [3.63, 3.8) is 0 Å². The number of aromatic carboxylic acids is 1. The molecule has 0 saturated heterocycles. The van der Waals surface area contributed by atoms with E-state index in [1.54, 1.807) is 52.0 Å². The summed E-state index contributed by atoms with van der Waals surface area (Å²) in [5, 5.41) is 25.0. The summed E-state index contributed by atoms with van der Waals surface area (Å²) >= 11 is 0. The van der Waals surface area contributed by atoms with Gasteiger partial charge in [-0.05, 0) is 75.1 Å². The second kappa shape index (κ2) is 10.8. The fraction of sp³-hybridized carbons (Fsp3) is 0.400. The number of carboxylic acid groups (broad SMARTS) is 1. The average molecular weight is 457 g/mol. The first-order valence-electron chi connectivity index (χ1n) is 10.9. The Morgan fingerprint density at radius 3 is 2.39 bits per heavy atom. The molecule has 8 heteroatoms. The summed E-state index contributed by atoms with van der Waals surface area (Å²) in [6.45, 7) is 8.84. The van der Waals surface area contributed by atoms with Crippen molar-refractivity contribution in [2.24, 2.45) is 0 Å². The van der Waals surface area contributed by atoms with E-state index >= 15 is 0 Å². The zero-order valence-electron chi connectivity index (χ0n) is 19.7. The average Bonchev–Trinajstić information content (AvgIpc) is 2.68. The van der Waals surface area contributed by atoms with Gasteiger partial charge in [0.2, 0.25) is 5.91 Å². The van der Waals surface area contributed by atoms with Crippen LogP contribution in [0, 0.1) is 6.92 Å². The third-order valence-electron chi connectivity index (χ3n) is 4.83. The van der Waals surface area contributed by atoms with E-state index in [0.717, 1.165) is 12.8 Å². The van der Waals surface area contributed by atoms with Crippen LogP contribution in [0.15, 0.2) is 36.4 Å². The van der Waals surface area contributed by atoms with Crippen LogP contribution in [0.5, 0.6) is 5.75 Å². The molecule has 178 valence electrons. The standard InChI is InChI=1S/C25H32N2O6/c1-6-7-11-20(27-24(32)33-25(3,4)5)22(29)26-17-12-15(2)21(23(30)31)19(14-17)16-9-8-10-18(28)13-16/h8-10,12-14,20,28H,6-7,11H2,1-5H3,(H,26,29)(H,27,32)(H,30,31)/t20-/m0/s1. The summed E-state index contributed by atoms with van der Waals surface area (Å²) in [6, 6.07) is 8.54. The van der Waals surface area contributed by atoms with Crippen molar-refractivity contribution in [3.05, 3.63) is 47.5 Å². The Balaban J connectivity index is 2.35. The predicted molar refractivity (Wildman–Crippen MR) is 127 cm³/mol. The van der Waals surface area contributed by atoms with Crippen LogP contribution in [0.25, 0.3) is 11.1 Å². The fourth-order valence-corrected chi connectivity index (χ4v) is 3.40. The minimum Gasteiger partial charge on any atom is -0.508 e. The molecule has 0 aliphatic heterocycles. The van der Waals surface area contributed by atoms with Crippen molar-refractivity contribution in [2.45, 2.75) is 65.5 Å². The molecule has 2 aromatic carbocycles. The van der Waals surface area contributed by atoms with Crippen molar-refractivity contribution in [1.82, 2.24) is 5.32 Å². The van der Waals surface area contributed by atoms with E-state index in [4.69, 9.17) is 4.74 Å². The van der Waals surface area contributed by atoms with E-state index in [9.17, 15) is 24.6 Å². The molecule has 1 atom stereocenters. The summed E-state index contributed by atoms with van der Waals surface area (Å²) in [6.07, 6.45) is 1.30. The number of anilines is 1. The Kier molecular flexibility index (Phi) is 8.45. The molecule has 2 amide bonds. The molecule has 0 saturated carbocycles. The summed E-state index contributed by atoms with van der Waals surface area (Å²) in [5.74, 6) is -1.55. The molecule has 2 rings (SSSR count). The summed E-state index contributed by atoms with van der Waals surface area (Å²) in [5.41, 5.74) is 1.07. The number of amides is 2. The number of carboxylic acids is 1. The number of benzene rings is 2. The van der Waals surface area contributed by atoms with Crippen LogP contribution < -0.4 is 10.6 Å². The van der Waals surface area contributed by atoms with E-state index in [-0.39, 0.29) is 11.3 Å². The number of phenols is 1. The van der Waals surface area contributed by atoms with E-state index < -0.39 is 29.6 Å². The quantitative estimate of drug-likeness (QED) is 0.439. The first-order valence-corrected chi connectivity index (χ1v) is 10.9. The van der Waals surface area contributed by atoms with Crippen LogP contribution in [0.1, 0.15) is 62.9 Å². The number of ether oxygens (including phenoxy) is 1. The molecule has 2 aromatic rings. The lowest BCUT2D eigenvalue weighted by Crippen LogP contribution is -2.45. The molecule has 0 bridgehead atoms. The van der Waals surface area contributed by atoms with Gasteiger partial charge in [-0.15, -0.1) is 0 Å². The summed E-state index contributed by atoms with van der Waals surface area (Å²) < 4.78 is 5.28. The molecule has 0 aliphatic rings. The molecule has 0 aliphatic carbocycles. The highest BCUT2D eigenvalue weighted by Crippen LogP contribution is 2.32. The highest BCUT2D eigenvalue weighted by atomic mass is 16.6. The van der Waals surface area contributed by atoms with Crippen molar-refractivity contribution in [1.29, 1.82) is 0 Å². The van der Waals surface area contributed by atoms with Gasteiger partial charge >= 0.3 is 12.1 Å². The molecule has 0 unspecified atom stereocenters. The number of hydrogen-bond acceptors (Lipinski definition) is 5. The van der Waals surface area contributed by atoms with E-state index in [2.05, 4.69) is 10.6 Å². The minimum atomic E-state index is -1.11. The van der Waals surface area contributed by atoms with Gasteiger partial charge in [0.1, 0.15) is 17.4 Å². The Labute approximate surface area is 194 Å². The van der Waals surface area contributed by atoms with Gasteiger partial charge in [-0.2, -0.15) is 0 Å². The normalized spacial score (nSPS) is 12.0. The van der Waals surface area contributed by atoms with Crippen LogP contribution in [0.2, 0.25) is 0 Å². The molecule has 0 spiro atoms. The molecule has 0 radical (unpaired) electrons. The van der Waals surface area contributed by atoms with Gasteiger partial charge in [0.05, 0.1) is 5.56 Å². The Bertz CT molecular complexity index is 1030. The number of carbonyl (C=O) groups is 3. The second-order valence-electron chi connectivity index (χ2n) is 8.90. The number of unbranched alkanes of at least 4 members (excludes halogenated alkanes) is 1. The molecule has 0 heterocycles. The van der Waals surface area contributed by atoms with Gasteiger partial charge in [-0.1, -0.05) is 31.9 Å². The minimum absolute atomic E-state index is 0.00267. The topological polar surface area (TPSA) is 125 Å². The second-order valence-corrected chi connectivity index (χ2v) is 8.90. The molecule has 8 nitrogen and oxygen atoms in total. The van der Waals surface area contributed by atoms with Crippen LogP contribution in [0.3, 0.4) is 0 Å². The Morgan fingerprint density at radius 2 is 1.82 bits per heavy atom. The highest BCUT2D eigenvalue weighted by Gasteiger charge is 2.25. The molecule has 0 aromatic heterocycles. The predicted octanol–water partition coefficient (Wildman–Crippen LogP) is 5.09. The van der Waals surface area contributed by atoms with Gasteiger partial charge < -0.3 is 25.6 Å². The molecule has 0 fully saturated rings. The molecule has 4 N–H and O–H groups in total. The number of nitrogens with one attached hydrogen (secondary N) is 2. The van der Waals surface area contributed by atoms with Crippen LogP contribution in [-0.2, 0) is 9.53 Å². The van der Waals surface area contributed by atoms with Crippen molar-refractivity contribution < 1.29 is 29.3 Å². The van der Waals surface area contributed by atoms with Crippen LogP contribution >= 0.6 is 0 Å². The number of phenolic OH excluding ortho intramolecular Hbond substituents is 1. The lowest BCUT2D eigenvalue weighted by atomic mass is 9.94. The van der Waals surface area contributed by atoms with Crippen molar-refractivity contribution >= 4 is 23.7 Å². The summed E-state index contributed by atoms with van der Waals surface area (Å²) in [7, 11) is 0. The van der Waals surface area contributed by atoms with Gasteiger partial charge in [0.15, 0.2) is 0 Å². The third-order valence-corrected chi connectivity index (χ3v) is 4.83. The van der Waals surface area contributed by atoms with Crippen molar-refractivity contribution in [2.75, 3.05) is 5.32 Å². The summed E-state index contributed by atoms with van der Waals surface area (Å²) in [4.78, 5) is 37.1. The monoisotopic (exact) mass is 456 g/mol. The molecular formula is C25H32N2O6. The Morgan fingerprint density at radius 1 is 1.12 bits per heavy atom. The number of aryl methyl sites for hydroxylation is 1. The van der Waals surface area contributed by atoms with Gasteiger partial charge in [-0.3, -0.25) is 4.79 Å². The van der Waals surface area contributed by atoms with E-state index in [1.165, 1.54) is 12.1 Å². The van der Waals surface area contributed by atoms with E-state index in [1.807, 2.05) is 6.92 Å². The lowest BCUT2D eigenvalue weighted by molar-refractivity contribution is -0.118. The van der Waals surface area contributed by atoms with E-state index in [0.29, 0.717) is 28.8 Å². The largest absolute Gasteiger partial charge is 0.508 e. The number of rotatable bonds is 8. The lowest BCUT2D eigenvalue weighted by Gasteiger charge is -2.23. The molecular weight excluding hydrogens is 424 g/mol. The maximum atomic E-state index is 13.0. The first kappa shape index (κ1) is 25.7. The number of hydrogen-bond donors (Lipinski definition) is 4. The maximum absolute atomic E-state index is 13.0. The van der Waals surface area contributed by atoms with Gasteiger partial charge in [-0.25, -0.2) is 9.59 Å². The van der Waals surface area contributed by atoms with Crippen LogP contribution in [-0.4, -0.2) is 39.8 Å². The smallest absolute Gasteiger partial charge is 0.408 e. The SMILES string of the molecule is CCCC[C@H](NC(=O)OC(C)(C)C)C(=O)Nc1cc(C)c(C(=O)O)c(-c2cccc(O)c2)c1. The van der Waals surface area contributed by atoms with Crippen LogP contribution in [0.4, 0.5) is 10.5 Å². The van der Waals surface area contributed by atoms with Gasteiger partial charge in [0.25, 0.3) is 0 Å². The third kappa shape index (κ3) is 7.52. The zero-order valence-corrected chi connectivity index (χ0v) is 19.7. The molecule has 33 heavy (non-hydrogen) atoms. The van der Waals surface area contributed by atoms with Crippen molar-refractivity contribution in [3.8, 4) is 16.9 Å². The number of alkyl carbamates (subject to hydrolysis) is 1. The van der Waals surface area contributed by atoms with Gasteiger partial charge in [0, 0.05) is 5.69 Å². The highest BCUT2D eigenvalue weighted by molar-refractivity contribution is 6.01. The fourth-order valence-electron chi connectivity index (χ4n) is 3.40.